The number of carbonyl (C=O) groups is 2. The second-order valence-corrected chi connectivity index (χ2v) is 8.88. The lowest BCUT2D eigenvalue weighted by molar-refractivity contribution is -0.137. The van der Waals surface area contributed by atoms with Crippen LogP contribution in [0.25, 0.3) is 11.7 Å². The number of furan rings is 1. The third-order valence-electron chi connectivity index (χ3n) is 5.62. The van der Waals surface area contributed by atoms with Crippen LogP contribution in [0.4, 0.5) is 0 Å². The fourth-order valence-corrected chi connectivity index (χ4v) is 4.10. The lowest BCUT2D eigenvalue weighted by atomic mass is 9.56. The number of unbranched alkanes of at least 4 members (excludes halogenated alkanes) is 2. The zero-order valence-electron chi connectivity index (χ0n) is 20.1. The van der Waals surface area contributed by atoms with Crippen LogP contribution < -0.4 is 4.74 Å². The molecule has 0 spiro atoms. The maximum atomic E-state index is 13.6. The van der Waals surface area contributed by atoms with Gasteiger partial charge in [-0.25, -0.2) is 4.98 Å². The molecule has 1 aromatic carbocycles. The van der Waals surface area contributed by atoms with Crippen LogP contribution in [-0.2, 0) is 10.1 Å². The van der Waals surface area contributed by atoms with Crippen LogP contribution in [0.3, 0.4) is 0 Å². The number of nitrogens with zero attached hydrogens (tertiary/aromatic N) is 2. The number of hydrogen-bond acceptors (Lipinski definition) is 6. The Balaban J connectivity index is 1.78. The van der Waals surface area contributed by atoms with Gasteiger partial charge in [-0.2, -0.15) is 0 Å². The number of amides is 1. The van der Waals surface area contributed by atoms with Gasteiger partial charge < -0.3 is 23.6 Å². The summed E-state index contributed by atoms with van der Waals surface area (Å²) in [4.78, 5) is 30.2. The summed E-state index contributed by atoms with van der Waals surface area (Å²) in [7, 11) is 3.95. The molecule has 2 aromatic heterocycles. The molecule has 8 nitrogen and oxygen atoms in total. The van der Waals surface area contributed by atoms with Crippen LogP contribution in [0.5, 0.6) is 5.75 Å². The predicted octanol–water partition coefficient (Wildman–Crippen LogP) is 2.89. The van der Waals surface area contributed by atoms with E-state index in [2.05, 4.69) is 4.98 Å². The monoisotopic (exact) mass is 464 g/mol. The van der Waals surface area contributed by atoms with Gasteiger partial charge in [0.25, 0.3) is 11.8 Å². The lowest BCUT2D eigenvalue weighted by Crippen LogP contribution is -2.54. The van der Waals surface area contributed by atoms with E-state index in [9.17, 15) is 9.59 Å². The molecule has 0 radical (unpaired) electrons. The predicted molar refractivity (Wildman–Crippen MR) is 132 cm³/mol. The fourth-order valence-electron chi connectivity index (χ4n) is 4.10. The number of aromatic nitrogens is 1. The molecule has 34 heavy (non-hydrogen) atoms. The van der Waals surface area contributed by atoms with Crippen LogP contribution >= 0.6 is 0 Å². The minimum absolute atomic E-state index is 0.130. The molecule has 0 fully saturated rings. The number of para-hydroxylation sites is 1. The van der Waals surface area contributed by atoms with Crippen molar-refractivity contribution >= 4 is 27.6 Å². The van der Waals surface area contributed by atoms with Crippen molar-refractivity contribution in [2.75, 3.05) is 6.61 Å². The zero-order chi connectivity index (χ0) is 24.7. The van der Waals surface area contributed by atoms with Crippen LogP contribution in [0, 0.1) is 0 Å². The normalized spacial score (nSPS) is 11.5. The van der Waals surface area contributed by atoms with Gasteiger partial charge >= 0.3 is 5.97 Å². The number of carbonyl (C=O) groups excluding carboxylic acids is 1. The SMILES string of the molecule is BC(B)(c1ccccc1OCCCCCC(=O)O)N(C(=O)c1cnc(-c2ccco2)o1)C(C)C. The second-order valence-electron chi connectivity index (χ2n) is 8.88. The van der Waals surface area contributed by atoms with E-state index in [1.165, 1.54) is 12.5 Å². The first-order valence-electron chi connectivity index (χ1n) is 11.5. The van der Waals surface area contributed by atoms with Gasteiger partial charge in [-0.05, 0) is 51.3 Å². The van der Waals surface area contributed by atoms with E-state index >= 15 is 0 Å². The summed E-state index contributed by atoms with van der Waals surface area (Å²) >= 11 is 0. The molecule has 0 aliphatic rings. The Bertz CT molecular complexity index is 1090. The third kappa shape index (κ3) is 5.92. The first kappa shape index (κ1) is 25.2. The first-order chi connectivity index (χ1) is 16.2. The molecule has 3 rings (SSSR count). The minimum atomic E-state index is -0.783. The van der Waals surface area contributed by atoms with E-state index in [0.29, 0.717) is 24.5 Å². The second kappa shape index (κ2) is 11.1. The Morgan fingerprint density at radius 1 is 1.15 bits per heavy atom. The van der Waals surface area contributed by atoms with Crippen molar-refractivity contribution < 1.29 is 28.3 Å². The molecule has 1 N–H and O–H groups in total. The first-order valence-corrected chi connectivity index (χ1v) is 11.5. The average Bonchev–Trinajstić information content (AvgIpc) is 3.47. The molecule has 0 bridgehead atoms. The molecule has 2 heterocycles. The summed E-state index contributed by atoms with van der Waals surface area (Å²) in [6.07, 6.45) is 5.26. The van der Waals surface area contributed by atoms with Gasteiger partial charge in [0.05, 0.1) is 19.1 Å². The highest BCUT2D eigenvalue weighted by Gasteiger charge is 2.38. The quantitative estimate of drug-likeness (QED) is 0.325. The summed E-state index contributed by atoms with van der Waals surface area (Å²) in [5.74, 6) is 0.462. The smallest absolute Gasteiger partial charge is 0.303 e. The van der Waals surface area contributed by atoms with Crippen LogP contribution in [0.1, 0.15) is 55.6 Å². The highest BCUT2D eigenvalue weighted by molar-refractivity contribution is 6.41. The number of benzene rings is 1. The largest absolute Gasteiger partial charge is 0.493 e. The van der Waals surface area contributed by atoms with Crippen molar-refractivity contribution in [3.8, 4) is 17.4 Å². The Kier molecular flexibility index (Phi) is 8.26. The van der Waals surface area contributed by atoms with Gasteiger partial charge in [0.15, 0.2) is 5.76 Å². The summed E-state index contributed by atoms with van der Waals surface area (Å²) in [6.45, 7) is 4.38. The zero-order valence-corrected chi connectivity index (χ0v) is 20.1. The molecule has 10 heteroatoms. The topological polar surface area (TPSA) is 106 Å². The van der Waals surface area contributed by atoms with Crippen molar-refractivity contribution in [3.63, 3.8) is 0 Å². The molecule has 178 valence electrons. The molecule has 0 atom stereocenters. The summed E-state index contributed by atoms with van der Waals surface area (Å²) in [6, 6.07) is 11.0. The van der Waals surface area contributed by atoms with Crippen LogP contribution in [0.15, 0.2) is 57.7 Å². The number of hydrogen-bond donors (Lipinski definition) is 1. The van der Waals surface area contributed by atoms with Gasteiger partial charge in [-0.1, -0.05) is 18.2 Å². The molecule has 1 amide bonds. The molecular formula is C24H30B2N2O6. The molecule has 0 unspecified atom stereocenters. The summed E-state index contributed by atoms with van der Waals surface area (Å²) in [5.41, 5.74) is 0.869. The van der Waals surface area contributed by atoms with E-state index in [4.69, 9.17) is 18.7 Å². The van der Waals surface area contributed by atoms with Crippen molar-refractivity contribution in [2.24, 2.45) is 0 Å². The van der Waals surface area contributed by atoms with Gasteiger partial charge in [0.1, 0.15) is 21.4 Å². The minimum Gasteiger partial charge on any atom is -0.493 e. The standard InChI is InChI=1S/C24H30B2N2O6/c1-16(2)28(23(31)20-15-27-22(34-20)19-11-8-14-33-19)24(25,26)17-9-5-6-10-18(17)32-13-7-3-4-12-21(29)30/h5-6,8-11,14-16H,3-4,7,12-13,25-26H2,1-2H3,(H,29,30). The Morgan fingerprint density at radius 2 is 1.91 bits per heavy atom. The van der Waals surface area contributed by atoms with Gasteiger partial charge in [-0.15, -0.1) is 0 Å². The van der Waals surface area contributed by atoms with E-state index in [1.54, 1.807) is 17.0 Å². The van der Waals surface area contributed by atoms with Crippen LogP contribution in [-0.4, -0.2) is 55.2 Å². The molecule has 3 aromatic rings. The van der Waals surface area contributed by atoms with E-state index < -0.39 is 11.3 Å². The van der Waals surface area contributed by atoms with E-state index in [-0.39, 0.29) is 30.0 Å². The summed E-state index contributed by atoms with van der Waals surface area (Å²) in [5, 5.41) is 8.05. The number of rotatable bonds is 12. The molecular weight excluding hydrogens is 434 g/mol. The van der Waals surface area contributed by atoms with E-state index in [1.807, 2.05) is 53.8 Å². The van der Waals surface area contributed by atoms with Crippen molar-refractivity contribution in [2.45, 2.75) is 50.9 Å². The van der Waals surface area contributed by atoms with Crippen molar-refractivity contribution in [1.82, 2.24) is 9.88 Å². The maximum Gasteiger partial charge on any atom is 0.303 e. The number of aliphatic carboxylic acids is 1. The molecule has 0 saturated heterocycles. The van der Waals surface area contributed by atoms with Crippen molar-refractivity contribution in [1.29, 1.82) is 0 Å². The number of oxazole rings is 1. The molecule has 0 saturated carbocycles. The highest BCUT2D eigenvalue weighted by Crippen LogP contribution is 2.33. The third-order valence-corrected chi connectivity index (χ3v) is 5.62. The van der Waals surface area contributed by atoms with E-state index in [0.717, 1.165) is 18.4 Å². The van der Waals surface area contributed by atoms with Gasteiger partial charge in [0, 0.05) is 23.4 Å². The number of carboxylic acids is 1. The number of carboxylic acid groups (broad SMARTS) is 1. The Hall–Kier alpha value is -3.42. The fraction of sp³-hybridized carbons (Fsp3) is 0.375. The molecule has 0 aliphatic heterocycles. The van der Waals surface area contributed by atoms with Crippen molar-refractivity contribution in [3.05, 3.63) is 60.2 Å². The number of ether oxygens (including phenoxy) is 1. The lowest BCUT2D eigenvalue weighted by Gasteiger charge is -2.42. The van der Waals surface area contributed by atoms with Gasteiger partial charge in [0.2, 0.25) is 5.76 Å². The summed E-state index contributed by atoms with van der Waals surface area (Å²) < 4.78 is 17.1. The maximum absolute atomic E-state index is 13.6. The average molecular weight is 464 g/mol. The Labute approximate surface area is 201 Å². The highest BCUT2D eigenvalue weighted by atomic mass is 16.5. The Morgan fingerprint density at radius 3 is 2.59 bits per heavy atom. The van der Waals surface area contributed by atoms with Gasteiger partial charge in [-0.3, -0.25) is 9.59 Å². The van der Waals surface area contributed by atoms with Crippen LogP contribution in [0.2, 0.25) is 0 Å². The molecule has 0 aliphatic carbocycles.